The van der Waals surface area contributed by atoms with Gasteiger partial charge >= 0.3 is 0 Å². The minimum atomic E-state index is -0.852. The molecule has 11 heteroatoms. The Hall–Kier alpha value is -5.03. The molecule has 2 amide bonds. The van der Waals surface area contributed by atoms with Gasteiger partial charge in [0, 0.05) is 38.9 Å². The van der Waals surface area contributed by atoms with E-state index in [4.69, 9.17) is 15.2 Å². The van der Waals surface area contributed by atoms with E-state index in [0.29, 0.717) is 24.8 Å². The van der Waals surface area contributed by atoms with Gasteiger partial charge in [0.1, 0.15) is 29.0 Å². The van der Waals surface area contributed by atoms with Crippen molar-refractivity contribution in [3.8, 4) is 11.5 Å². The van der Waals surface area contributed by atoms with Crippen LogP contribution in [0.25, 0.3) is 0 Å². The summed E-state index contributed by atoms with van der Waals surface area (Å²) < 4.78 is 49.0. The third-order valence-electron chi connectivity index (χ3n) is 5.89. The maximum atomic E-state index is 13.8. The molecule has 0 radical (unpaired) electrons. The summed E-state index contributed by atoms with van der Waals surface area (Å²) in [5.41, 5.74) is 8.08. The Balaban J connectivity index is 0.000000358. The molecule has 236 valence electrons. The van der Waals surface area contributed by atoms with Gasteiger partial charge in [-0.3, -0.25) is 9.59 Å². The third-order valence-corrected chi connectivity index (χ3v) is 5.89. The smallest absolute Gasteiger partial charge is 0.253 e. The van der Waals surface area contributed by atoms with Crippen molar-refractivity contribution in [3.05, 3.63) is 125 Å². The second-order valence-corrected chi connectivity index (χ2v) is 8.73. The number of ether oxygens (including phenoxy) is 2. The standard InChI is InChI=1S/C16H17FN2O2.C8H7F2NO.C8H11NO.CH4/c1-18-16(20)14-8-5-12(9-15(14)17)19-10-11-3-6-13(21-2)7-4-11;1-11-8(12)6-3-2-5(9)4-7(6)10;1-10-8-4-2-7(6-9)3-5-8;/h3-9,19H,10H2,1-2H3,(H,18,20);2-4H,1H3,(H,11,12);2-5H,6,9H2,1H3;1H4. The number of methoxy groups -OCH3 is 2. The van der Waals surface area contributed by atoms with E-state index in [-0.39, 0.29) is 18.6 Å². The van der Waals surface area contributed by atoms with Crippen molar-refractivity contribution in [2.45, 2.75) is 20.5 Å². The highest BCUT2D eigenvalue weighted by Gasteiger charge is 2.11. The minimum Gasteiger partial charge on any atom is -0.497 e. The highest BCUT2D eigenvalue weighted by Crippen LogP contribution is 2.17. The average molecular weight is 613 g/mol. The van der Waals surface area contributed by atoms with Crippen LogP contribution >= 0.6 is 0 Å². The zero-order valence-electron chi connectivity index (χ0n) is 24.3. The summed E-state index contributed by atoms with van der Waals surface area (Å²) in [7, 11) is 6.12. The lowest BCUT2D eigenvalue weighted by Crippen LogP contribution is -2.19. The molecule has 4 rings (SSSR count). The van der Waals surface area contributed by atoms with Crippen LogP contribution in [0.5, 0.6) is 11.5 Å². The largest absolute Gasteiger partial charge is 0.497 e. The molecular formula is C33H39F3N4O4. The fourth-order valence-corrected chi connectivity index (χ4v) is 3.46. The number of carbonyl (C=O) groups is 2. The van der Waals surface area contributed by atoms with E-state index in [1.165, 1.54) is 26.2 Å². The lowest BCUT2D eigenvalue weighted by Gasteiger charge is -2.09. The van der Waals surface area contributed by atoms with Gasteiger partial charge in [-0.05, 0) is 65.7 Å². The van der Waals surface area contributed by atoms with Gasteiger partial charge in [0.05, 0.1) is 25.3 Å². The Bertz CT molecular complexity index is 1440. The molecule has 4 aromatic rings. The minimum absolute atomic E-state index is 0. The predicted octanol–water partition coefficient (Wildman–Crippen LogP) is 5.92. The van der Waals surface area contributed by atoms with Crippen molar-refractivity contribution in [1.29, 1.82) is 0 Å². The van der Waals surface area contributed by atoms with Crippen LogP contribution in [0, 0.1) is 17.5 Å². The fourth-order valence-electron chi connectivity index (χ4n) is 3.46. The molecule has 0 atom stereocenters. The number of hydrogen-bond acceptors (Lipinski definition) is 6. The molecule has 5 N–H and O–H groups in total. The van der Waals surface area contributed by atoms with Crippen molar-refractivity contribution in [3.63, 3.8) is 0 Å². The molecule has 0 aliphatic carbocycles. The van der Waals surface area contributed by atoms with Crippen LogP contribution in [0.3, 0.4) is 0 Å². The molecule has 0 aliphatic heterocycles. The van der Waals surface area contributed by atoms with Crippen molar-refractivity contribution in [2.75, 3.05) is 33.6 Å². The molecule has 0 spiro atoms. The van der Waals surface area contributed by atoms with Crippen LogP contribution in [0.2, 0.25) is 0 Å². The quantitative estimate of drug-likeness (QED) is 0.196. The van der Waals surface area contributed by atoms with E-state index in [0.717, 1.165) is 34.8 Å². The number of rotatable bonds is 8. The molecule has 0 bridgehead atoms. The second kappa shape index (κ2) is 19.2. The predicted molar refractivity (Wildman–Crippen MR) is 167 cm³/mol. The molecular weight excluding hydrogens is 573 g/mol. The van der Waals surface area contributed by atoms with E-state index >= 15 is 0 Å². The van der Waals surface area contributed by atoms with Gasteiger partial charge in [-0.25, -0.2) is 13.2 Å². The average Bonchev–Trinajstić information content (AvgIpc) is 3.04. The van der Waals surface area contributed by atoms with Gasteiger partial charge in [-0.15, -0.1) is 0 Å². The number of benzene rings is 4. The number of nitrogens with one attached hydrogen (secondary N) is 3. The molecule has 8 nitrogen and oxygen atoms in total. The van der Waals surface area contributed by atoms with Crippen LogP contribution in [-0.2, 0) is 13.1 Å². The Kier molecular flexibility index (Phi) is 16.2. The number of amides is 2. The molecule has 44 heavy (non-hydrogen) atoms. The van der Waals surface area contributed by atoms with E-state index in [2.05, 4.69) is 16.0 Å². The van der Waals surface area contributed by atoms with Gasteiger partial charge in [0.25, 0.3) is 11.8 Å². The van der Waals surface area contributed by atoms with E-state index < -0.39 is 29.3 Å². The maximum absolute atomic E-state index is 13.8. The van der Waals surface area contributed by atoms with Gasteiger partial charge in [0.2, 0.25) is 0 Å². The summed E-state index contributed by atoms with van der Waals surface area (Å²) in [6.45, 7) is 1.15. The van der Waals surface area contributed by atoms with Crippen LogP contribution in [0.1, 0.15) is 39.3 Å². The number of hydrogen-bond donors (Lipinski definition) is 4. The Morgan fingerprint density at radius 3 is 1.55 bits per heavy atom. The SMILES string of the molecule is C.CNC(=O)c1ccc(F)cc1F.CNC(=O)c1ccc(NCc2ccc(OC)cc2)cc1F.COc1ccc(CN)cc1. The van der Waals surface area contributed by atoms with Crippen LogP contribution < -0.4 is 31.2 Å². The lowest BCUT2D eigenvalue weighted by atomic mass is 10.1. The van der Waals surface area contributed by atoms with Crippen LogP contribution in [0.4, 0.5) is 18.9 Å². The van der Waals surface area contributed by atoms with Crippen molar-refractivity contribution in [2.24, 2.45) is 5.73 Å². The summed E-state index contributed by atoms with van der Waals surface area (Å²) in [4.78, 5) is 22.3. The first-order valence-corrected chi connectivity index (χ1v) is 13.0. The van der Waals surface area contributed by atoms with E-state index in [1.807, 2.05) is 48.5 Å². The lowest BCUT2D eigenvalue weighted by molar-refractivity contribution is 0.0950. The van der Waals surface area contributed by atoms with E-state index in [9.17, 15) is 22.8 Å². The Morgan fingerprint density at radius 1 is 0.682 bits per heavy atom. The fraction of sp³-hybridized carbons (Fsp3) is 0.212. The summed E-state index contributed by atoms with van der Waals surface area (Å²) >= 11 is 0. The molecule has 0 fully saturated rings. The van der Waals surface area contributed by atoms with Crippen LogP contribution in [-0.4, -0.2) is 40.1 Å². The molecule has 0 saturated carbocycles. The Labute approximate surface area is 256 Å². The highest BCUT2D eigenvalue weighted by atomic mass is 19.1. The summed E-state index contributed by atoms with van der Waals surface area (Å²) in [6.07, 6.45) is 0. The topological polar surface area (TPSA) is 115 Å². The second-order valence-electron chi connectivity index (χ2n) is 8.73. The summed E-state index contributed by atoms with van der Waals surface area (Å²) in [5.74, 6) is -1.43. The first-order valence-electron chi connectivity index (χ1n) is 13.0. The van der Waals surface area contributed by atoms with E-state index in [1.54, 1.807) is 20.3 Å². The van der Waals surface area contributed by atoms with Gasteiger partial charge in [-0.1, -0.05) is 31.7 Å². The summed E-state index contributed by atoms with van der Waals surface area (Å²) in [6, 6.07) is 22.6. The highest BCUT2D eigenvalue weighted by molar-refractivity contribution is 5.94. The number of halogens is 3. The monoisotopic (exact) mass is 612 g/mol. The van der Waals surface area contributed by atoms with Crippen LogP contribution in [0.15, 0.2) is 84.9 Å². The van der Waals surface area contributed by atoms with Gasteiger partial charge < -0.3 is 31.2 Å². The molecule has 0 aromatic heterocycles. The van der Waals surface area contributed by atoms with Crippen molar-refractivity contribution < 1.29 is 32.2 Å². The molecule has 0 aliphatic rings. The summed E-state index contributed by atoms with van der Waals surface area (Å²) in [5, 5.41) is 7.75. The zero-order valence-corrected chi connectivity index (χ0v) is 24.3. The molecule has 0 heterocycles. The first-order chi connectivity index (χ1) is 20.6. The van der Waals surface area contributed by atoms with Gasteiger partial charge in [-0.2, -0.15) is 0 Å². The van der Waals surface area contributed by atoms with Crippen molar-refractivity contribution >= 4 is 17.5 Å². The third kappa shape index (κ3) is 11.7. The maximum Gasteiger partial charge on any atom is 0.253 e. The molecule has 0 saturated heterocycles. The van der Waals surface area contributed by atoms with Crippen molar-refractivity contribution in [1.82, 2.24) is 10.6 Å². The number of carbonyl (C=O) groups excluding carboxylic acids is 2. The normalized spacial score (nSPS) is 9.55. The molecule has 0 unspecified atom stereocenters. The zero-order chi connectivity index (χ0) is 31.8. The number of nitrogens with two attached hydrogens (primary N) is 1. The molecule has 4 aromatic carbocycles. The number of anilines is 1. The Morgan fingerprint density at radius 2 is 1.14 bits per heavy atom. The van der Waals surface area contributed by atoms with Gasteiger partial charge in [0.15, 0.2) is 0 Å². The first kappa shape index (κ1) is 37.0.